The van der Waals surface area contributed by atoms with Gasteiger partial charge in [-0.15, -0.1) is 0 Å². The van der Waals surface area contributed by atoms with Gasteiger partial charge in [-0.1, -0.05) is 12.1 Å². The molecule has 0 heterocycles. The van der Waals surface area contributed by atoms with Gasteiger partial charge >= 0.3 is 5.97 Å². The van der Waals surface area contributed by atoms with Crippen molar-refractivity contribution in [2.75, 3.05) is 6.61 Å². The van der Waals surface area contributed by atoms with Crippen LogP contribution in [0.4, 0.5) is 0 Å². The van der Waals surface area contributed by atoms with E-state index in [1.807, 2.05) is 39.0 Å². The number of rotatable bonds is 6. The summed E-state index contributed by atoms with van der Waals surface area (Å²) in [6, 6.07) is 6.05. The van der Waals surface area contributed by atoms with Crippen molar-refractivity contribution in [2.45, 2.75) is 52.7 Å². The molecular weight excluding hydrogens is 254 g/mol. The maximum atomic E-state index is 11.8. The van der Waals surface area contributed by atoms with Crippen molar-refractivity contribution in [2.24, 2.45) is 5.73 Å². The number of hydrogen-bond acceptors (Lipinski definition) is 4. The highest BCUT2D eigenvalue weighted by Crippen LogP contribution is 2.23. The van der Waals surface area contributed by atoms with Gasteiger partial charge in [0.25, 0.3) is 0 Å². The number of carbonyl (C=O) groups excluding carboxylic acids is 1. The van der Waals surface area contributed by atoms with Gasteiger partial charge in [-0.25, -0.2) is 0 Å². The van der Waals surface area contributed by atoms with Crippen LogP contribution in [0.5, 0.6) is 5.75 Å². The highest BCUT2D eigenvalue weighted by Gasteiger charge is 2.32. The zero-order chi connectivity index (χ0) is 15.3. The minimum absolute atomic E-state index is 0.171. The molecule has 0 saturated carbocycles. The molecule has 2 unspecified atom stereocenters. The minimum Gasteiger partial charge on any atom is -0.490 e. The van der Waals surface area contributed by atoms with Gasteiger partial charge < -0.3 is 15.2 Å². The molecule has 1 rings (SSSR count). The van der Waals surface area contributed by atoms with Crippen molar-refractivity contribution in [3.8, 4) is 5.75 Å². The fraction of sp³-hybridized carbons (Fsp3) is 0.562. The number of esters is 1. The van der Waals surface area contributed by atoms with Gasteiger partial charge in [0.2, 0.25) is 0 Å². The average Bonchev–Trinajstić information content (AvgIpc) is 2.33. The molecule has 2 atom stereocenters. The van der Waals surface area contributed by atoms with Crippen molar-refractivity contribution < 1.29 is 14.3 Å². The molecule has 1 aromatic carbocycles. The van der Waals surface area contributed by atoms with E-state index in [1.54, 1.807) is 13.8 Å². The zero-order valence-corrected chi connectivity index (χ0v) is 13.0. The molecule has 0 fully saturated rings. The van der Waals surface area contributed by atoms with E-state index in [2.05, 4.69) is 0 Å². The van der Waals surface area contributed by atoms with Crippen LogP contribution >= 0.6 is 0 Å². The lowest BCUT2D eigenvalue weighted by atomic mass is 9.96. The molecule has 1 aromatic rings. The highest BCUT2D eigenvalue weighted by molar-refractivity contribution is 5.80. The summed E-state index contributed by atoms with van der Waals surface area (Å²) < 4.78 is 10.9. The molecule has 0 aliphatic heterocycles. The highest BCUT2D eigenvalue weighted by atomic mass is 16.5. The monoisotopic (exact) mass is 279 g/mol. The Balaban J connectivity index is 2.69. The Labute approximate surface area is 121 Å². The molecule has 112 valence electrons. The van der Waals surface area contributed by atoms with Gasteiger partial charge in [0, 0.05) is 6.42 Å². The average molecular weight is 279 g/mol. The van der Waals surface area contributed by atoms with Crippen LogP contribution in [0, 0.1) is 13.8 Å². The van der Waals surface area contributed by atoms with Crippen LogP contribution in [0.1, 0.15) is 38.3 Å². The first kappa shape index (κ1) is 16.5. The van der Waals surface area contributed by atoms with Crippen LogP contribution in [-0.2, 0) is 9.53 Å². The van der Waals surface area contributed by atoms with E-state index in [0.29, 0.717) is 13.0 Å². The summed E-state index contributed by atoms with van der Waals surface area (Å²) in [5.74, 6) is 0.438. The van der Waals surface area contributed by atoms with Crippen molar-refractivity contribution in [3.05, 3.63) is 29.3 Å². The third kappa shape index (κ3) is 4.53. The molecule has 0 radical (unpaired) electrons. The second-order valence-electron chi connectivity index (χ2n) is 5.54. The summed E-state index contributed by atoms with van der Waals surface area (Å²) in [5, 5.41) is 0. The Kier molecular flexibility index (Phi) is 5.57. The quantitative estimate of drug-likeness (QED) is 0.813. The van der Waals surface area contributed by atoms with Gasteiger partial charge in [0.15, 0.2) is 0 Å². The number of ether oxygens (including phenoxy) is 2. The van der Waals surface area contributed by atoms with Crippen molar-refractivity contribution in [1.29, 1.82) is 0 Å². The Morgan fingerprint density at radius 1 is 1.40 bits per heavy atom. The predicted molar refractivity (Wildman–Crippen MR) is 79.8 cm³/mol. The van der Waals surface area contributed by atoms with Crippen LogP contribution in [0.3, 0.4) is 0 Å². The summed E-state index contributed by atoms with van der Waals surface area (Å²) in [6.07, 6.45) is 0.231. The van der Waals surface area contributed by atoms with E-state index in [9.17, 15) is 4.79 Å². The standard InChI is InChI=1S/C16H25NO3/c1-6-19-15(18)16(5,17)10-13(4)20-14-9-11(2)7-8-12(14)3/h7-9,13H,6,10,17H2,1-5H3. The smallest absolute Gasteiger partial charge is 0.325 e. The maximum absolute atomic E-state index is 11.8. The van der Waals surface area contributed by atoms with Crippen LogP contribution < -0.4 is 10.5 Å². The summed E-state index contributed by atoms with van der Waals surface area (Å²) in [5.41, 5.74) is 7.18. The first-order chi connectivity index (χ1) is 9.26. The lowest BCUT2D eigenvalue weighted by molar-refractivity contribution is -0.149. The Bertz CT molecular complexity index is 469. The van der Waals surface area contributed by atoms with Crippen LogP contribution in [-0.4, -0.2) is 24.2 Å². The molecule has 0 aliphatic carbocycles. The normalized spacial score (nSPS) is 15.3. The molecule has 0 spiro atoms. The van der Waals surface area contributed by atoms with E-state index < -0.39 is 11.5 Å². The Hall–Kier alpha value is -1.55. The summed E-state index contributed by atoms with van der Waals surface area (Å²) >= 11 is 0. The van der Waals surface area contributed by atoms with E-state index in [1.165, 1.54) is 0 Å². The van der Waals surface area contributed by atoms with Crippen molar-refractivity contribution in [1.82, 2.24) is 0 Å². The molecule has 4 heteroatoms. The van der Waals surface area contributed by atoms with E-state index in [-0.39, 0.29) is 6.10 Å². The van der Waals surface area contributed by atoms with Gasteiger partial charge in [-0.05, 0) is 51.8 Å². The summed E-state index contributed by atoms with van der Waals surface area (Å²) in [7, 11) is 0. The molecule has 0 bridgehead atoms. The lowest BCUT2D eigenvalue weighted by Gasteiger charge is -2.26. The lowest BCUT2D eigenvalue weighted by Crippen LogP contribution is -2.49. The number of nitrogens with two attached hydrogens (primary N) is 1. The van der Waals surface area contributed by atoms with Gasteiger partial charge in [0.05, 0.1) is 12.7 Å². The minimum atomic E-state index is -1.03. The van der Waals surface area contributed by atoms with Gasteiger partial charge in [-0.2, -0.15) is 0 Å². The molecule has 4 nitrogen and oxygen atoms in total. The number of hydrogen-bond donors (Lipinski definition) is 1. The molecule has 0 saturated heterocycles. The predicted octanol–water partition coefficient (Wildman–Crippen LogP) is 2.74. The Morgan fingerprint density at radius 3 is 2.65 bits per heavy atom. The second-order valence-corrected chi connectivity index (χ2v) is 5.54. The summed E-state index contributed by atoms with van der Waals surface area (Å²) in [6.45, 7) is 9.69. The van der Waals surface area contributed by atoms with E-state index in [0.717, 1.165) is 16.9 Å². The maximum Gasteiger partial charge on any atom is 0.325 e. The molecule has 2 N–H and O–H groups in total. The fourth-order valence-electron chi connectivity index (χ4n) is 2.07. The van der Waals surface area contributed by atoms with Crippen molar-refractivity contribution in [3.63, 3.8) is 0 Å². The fourth-order valence-corrected chi connectivity index (χ4v) is 2.07. The number of aryl methyl sites for hydroxylation is 2. The first-order valence-electron chi connectivity index (χ1n) is 6.96. The molecule has 0 amide bonds. The molecule has 0 aliphatic rings. The molecule has 0 aromatic heterocycles. The molecule has 20 heavy (non-hydrogen) atoms. The second kappa shape index (κ2) is 6.75. The van der Waals surface area contributed by atoms with Crippen LogP contribution in [0.25, 0.3) is 0 Å². The van der Waals surface area contributed by atoms with Gasteiger partial charge in [-0.3, -0.25) is 4.79 Å². The number of benzene rings is 1. The molecular formula is C16H25NO3. The largest absolute Gasteiger partial charge is 0.490 e. The third-order valence-electron chi connectivity index (χ3n) is 3.13. The first-order valence-corrected chi connectivity index (χ1v) is 6.96. The zero-order valence-electron chi connectivity index (χ0n) is 13.0. The Morgan fingerprint density at radius 2 is 2.05 bits per heavy atom. The van der Waals surface area contributed by atoms with E-state index in [4.69, 9.17) is 15.2 Å². The third-order valence-corrected chi connectivity index (χ3v) is 3.13. The van der Waals surface area contributed by atoms with E-state index >= 15 is 0 Å². The number of carbonyl (C=O) groups is 1. The van der Waals surface area contributed by atoms with Crippen LogP contribution in [0.2, 0.25) is 0 Å². The topological polar surface area (TPSA) is 61.5 Å². The van der Waals surface area contributed by atoms with Crippen LogP contribution in [0.15, 0.2) is 18.2 Å². The van der Waals surface area contributed by atoms with Gasteiger partial charge in [0.1, 0.15) is 11.3 Å². The SMILES string of the molecule is CCOC(=O)C(C)(N)CC(C)Oc1cc(C)ccc1C. The summed E-state index contributed by atoms with van der Waals surface area (Å²) in [4.78, 5) is 11.8. The van der Waals surface area contributed by atoms with Crippen molar-refractivity contribution >= 4 is 5.97 Å².